The molecule has 172 valence electrons. The summed E-state index contributed by atoms with van der Waals surface area (Å²) in [5, 5.41) is 14.5. The summed E-state index contributed by atoms with van der Waals surface area (Å²) in [6.45, 7) is 1.48. The highest BCUT2D eigenvalue weighted by Gasteiger charge is 2.40. The number of nitrogens with one attached hydrogen (secondary N) is 1. The van der Waals surface area contributed by atoms with Gasteiger partial charge in [0.15, 0.2) is 0 Å². The molecule has 0 aliphatic carbocycles. The van der Waals surface area contributed by atoms with Crippen molar-refractivity contribution >= 4 is 28.6 Å². The first kappa shape index (κ1) is 23.7. The zero-order valence-electron chi connectivity index (χ0n) is 18.5. The van der Waals surface area contributed by atoms with Crippen molar-refractivity contribution in [1.29, 1.82) is 0 Å². The molecule has 2 aromatic rings. The van der Waals surface area contributed by atoms with Crippen molar-refractivity contribution in [2.45, 2.75) is 51.0 Å². The standard InChI is InChI=1S/C25H33N3O4/c26-13-5-1-2-11-23(29)27-17-21-15-20(16-24(30)31)25(32)28(21)14-12-19-9-6-8-18-7-3-4-10-22(18)19/h3-4,6-10,20-21H,1-2,5,11-17,26H2,(H,27,29)(H,30,31)/t20-,21-/m0/s1. The van der Waals surface area contributed by atoms with Crippen molar-refractivity contribution in [1.82, 2.24) is 10.2 Å². The lowest BCUT2D eigenvalue weighted by atomic mass is 10.0. The molecule has 0 aromatic heterocycles. The fourth-order valence-corrected chi connectivity index (χ4v) is 4.52. The molecule has 0 spiro atoms. The Hall–Kier alpha value is -2.93. The maximum absolute atomic E-state index is 13.0. The van der Waals surface area contributed by atoms with Crippen LogP contribution in [0.4, 0.5) is 0 Å². The minimum Gasteiger partial charge on any atom is -0.481 e. The first-order valence-electron chi connectivity index (χ1n) is 11.4. The second-order valence-corrected chi connectivity index (χ2v) is 8.51. The second kappa shape index (κ2) is 11.6. The third-order valence-corrected chi connectivity index (χ3v) is 6.20. The number of hydrogen-bond acceptors (Lipinski definition) is 4. The van der Waals surface area contributed by atoms with Gasteiger partial charge in [-0.1, -0.05) is 48.9 Å². The van der Waals surface area contributed by atoms with Gasteiger partial charge < -0.3 is 21.1 Å². The molecule has 0 bridgehead atoms. The Bertz CT molecular complexity index is 940. The number of hydrogen-bond donors (Lipinski definition) is 3. The van der Waals surface area contributed by atoms with Gasteiger partial charge in [0.1, 0.15) is 0 Å². The third kappa shape index (κ3) is 6.29. The van der Waals surface area contributed by atoms with Gasteiger partial charge in [-0.3, -0.25) is 14.4 Å². The smallest absolute Gasteiger partial charge is 0.304 e. The van der Waals surface area contributed by atoms with E-state index < -0.39 is 11.9 Å². The van der Waals surface area contributed by atoms with Gasteiger partial charge in [0.25, 0.3) is 0 Å². The van der Waals surface area contributed by atoms with E-state index >= 15 is 0 Å². The van der Waals surface area contributed by atoms with Crippen molar-refractivity contribution in [3.63, 3.8) is 0 Å². The van der Waals surface area contributed by atoms with Crippen LogP contribution in [-0.4, -0.2) is 53.5 Å². The zero-order chi connectivity index (χ0) is 22.9. The van der Waals surface area contributed by atoms with Crippen LogP contribution in [0.5, 0.6) is 0 Å². The average molecular weight is 440 g/mol. The van der Waals surface area contributed by atoms with Crippen molar-refractivity contribution in [3.05, 3.63) is 48.0 Å². The minimum atomic E-state index is -0.970. The fourth-order valence-electron chi connectivity index (χ4n) is 4.52. The molecule has 2 atom stereocenters. The summed E-state index contributed by atoms with van der Waals surface area (Å²) in [4.78, 5) is 38.2. The predicted molar refractivity (Wildman–Crippen MR) is 124 cm³/mol. The van der Waals surface area contributed by atoms with E-state index in [-0.39, 0.29) is 24.3 Å². The number of unbranched alkanes of at least 4 members (excludes halogenated alkanes) is 2. The van der Waals surface area contributed by atoms with Gasteiger partial charge in [-0.25, -0.2) is 0 Å². The van der Waals surface area contributed by atoms with E-state index in [2.05, 4.69) is 29.6 Å². The number of carboxylic acids is 1. The molecule has 0 unspecified atom stereocenters. The predicted octanol–water partition coefficient (Wildman–Crippen LogP) is 2.71. The monoisotopic (exact) mass is 439 g/mol. The van der Waals surface area contributed by atoms with E-state index in [1.807, 2.05) is 18.2 Å². The Kier molecular flexibility index (Phi) is 8.62. The summed E-state index contributed by atoms with van der Waals surface area (Å²) in [7, 11) is 0. The molecule has 4 N–H and O–H groups in total. The highest BCUT2D eigenvalue weighted by molar-refractivity contribution is 5.87. The van der Waals surface area contributed by atoms with E-state index in [4.69, 9.17) is 5.73 Å². The number of carbonyl (C=O) groups is 3. The molecular formula is C25H33N3O4. The summed E-state index contributed by atoms with van der Waals surface area (Å²) in [5.41, 5.74) is 6.64. The average Bonchev–Trinajstić information content (AvgIpc) is 3.07. The number of aliphatic carboxylic acids is 1. The number of rotatable bonds is 12. The van der Waals surface area contributed by atoms with Crippen LogP contribution in [0.1, 0.15) is 44.1 Å². The SMILES string of the molecule is NCCCCCC(=O)NC[C@@H]1C[C@@H](CC(=O)O)C(=O)N1CCc1cccc2ccccc12. The van der Waals surface area contributed by atoms with E-state index in [0.29, 0.717) is 38.9 Å². The summed E-state index contributed by atoms with van der Waals surface area (Å²) >= 11 is 0. The van der Waals surface area contributed by atoms with Crippen LogP contribution in [0.2, 0.25) is 0 Å². The Morgan fingerprint density at radius 1 is 1.09 bits per heavy atom. The molecular weight excluding hydrogens is 406 g/mol. The Balaban J connectivity index is 1.63. The Labute approximate surface area is 189 Å². The molecule has 1 aliphatic heterocycles. The molecule has 7 heteroatoms. The normalized spacial score (nSPS) is 18.3. The molecule has 1 saturated heterocycles. The molecule has 0 radical (unpaired) electrons. The quantitative estimate of drug-likeness (QED) is 0.440. The molecule has 32 heavy (non-hydrogen) atoms. The molecule has 7 nitrogen and oxygen atoms in total. The van der Waals surface area contributed by atoms with Crippen LogP contribution >= 0.6 is 0 Å². The first-order valence-corrected chi connectivity index (χ1v) is 11.4. The fraction of sp³-hybridized carbons (Fsp3) is 0.480. The van der Waals surface area contributed by atoms with Crippen LogP contribution in [0.25, 0.3) is 10.8 Å². The molecule has 3 rings (SSSR count). The van der Waals surface area contributed by atoms with Gasteiger partial charge in [0.05, 0.1) is 12.3 Å². The summed E-state index contributed by atoms with van der Waals surface area (Å²) < 4.78 is 0. The lowest BCUT2D eigenvalue weighted by Crippen LogP contribution is -2.42. The number of fused-ring (bicyclic) bond motifs is 1. The van der Waals surface area contributed by atoms with E-state index in [9.17, 15) is 19.5 Å². The van der Waals surface area contributed by atoms with Crippen molar-refractivity contribution in [3.8, 4) is 0 Å². The van der Waals surface area contributed by atoms with Crippen molar-refractivity contribution in [2.24, 2.45) is 11.7 Å². The largest absolute Gasteiger partial charge is 0.481 e. The van der Waals surface area contributed by atoms with Crippen molar-refractivity contribution < 1.29 is 19.5 Å². The molecule has 1 heterocycles. The van der Waals surface area contributed by atoms with Gasteiger partial charge in [-0.2, -0.15) is 0 Å². The van der Waals surface area contributed by atoms with Crippen LogP contribution in [0, 0.1) is 5.92 Å². The number of likely N-dealkylation sites (tertiary alicyclic amines) is 1. The lowest BCUT2D eigenvalue weighted by Gasteiger charge is -2.25. The van der Waals surface area contributed by atoms with E-state index in [1.165, 1.54) is 0 Å². The number of nitrogens with two attached hydrogens (primary N) is 1. The van der Waals surface area contributed by atoms with Gasteiger partial charge in [0, 0.05) is 25.6 Å². The second-order valence-electron chi connectivity index (χ2n) is 8.51. The summed E-state index contributed by atoms with van der Waals surface area (Å²) in [5.74, 6) is -1.67. The molecule has 2 aromatic carbocycles. The zero-order valence-corrected chi connectivity index (χ0v) is 18.5. The topological polar surface area (TPSA) is 113 Å². The summed E-state index contributed by atoms with van der Waals surface area (Å²) in [6.07, 6.45) is 4.01. The van der Waals surface area contributed by atoms with Gasteiger partial charge in [0.2, 0.25) is 11.8 Å². The van der Waals surface area contributed by atoms with Gasteiger partial charge in [-0.05, 0) is 48.6 Å². The Morgan fingerprint density at radius 2 is 1.88 bits per heavy atom. The number of benzene rings is 2. The summed E-state index contributed by atoms with van der Waals surface area (Å²) in [6, 6.07) is 14.1. The highest BCUT2D eigenvalue weighted by Crippen LogP contribution is 2.28. The van der Waals surface area contributed by atoms with Gasteiger partial charge >= 0.3 is 5.97 Å². The van der Waals surface area contributed by atoms with Crippen LogP contribution in [-0.2, 0) is 20.8 Å². The van der Waals surface area contributed by atoms with Crippen LogP contribution in [0.3, 0.4) is 0 Å². The molecule has 1 aliphatic rings. The number of nitrogens with zero attached hydrogens (tertiary/aromatic N) is 1. The van der Waals surface area contributed by atoms with Crippen molar-refractivity contribution in [2.75, 3.05) is 19.6 Å². The Morgan fingerprint density at radius 3 is 2.66 bits per heavy atom. The van der Waals surface area contributed by atoms with Crippen LogP contribution < -0.4 is 11.1 Å². The molecule has 1 fully saturated rings. The highest BCUT2D eigenvalue weighted by atomic mass is 16.4. The first-order chi connectivity index (χ1) is 15.5. The molecule has 0 saturated carbocycles. The third-order valence-electron chi connectivity index (χ3n) is 6.20. The number of carboxylic acid groups (broad SMARTS) is 1. The number of carbonyl (C=O) groups excluding carboxylic acids is 2. The van der Waals surface area contributed by atoms with E-state index in [1.54, 1.807) is 4.90 Å². The van der Waals surface area contributed by atoms with Crippen LogP contribution in [0.15, 0.2) is 42.5 Å². The molecule has 2 amide bonds. The van der Waals surface area contributed by atoms with E-state index in [0.717, 1.165) is 35.6 Å². The minimum absolute atomic E-state index is 0.0369. The lowest BCUT2D eigenvalue weighted by molar-refractivity contribution is -0.142. The maximum Gasteiger partial charge on any atom is 0.304 e. The number of amides is 2. The maximum atomic E-state index is 13.0. The van der Waals surface area contributed by atoms with Gasteiger partial charge in [-0.15, -0.1) is 0 Å².